The average molecular weight is 366 g/mol. The van der Waals surface area contributed by atoms with Crippen molar-refractivity contribution < 1.29 is 13.5 Å². The Morgan fingerprint density at radius 2 is 1.74 bits per heavy atom. The number of fused-ring (bicyclic) bond motifs is 1. The number of aryl methyl sites for hydroxylation is 2. The predicted molar refractivity (Wildman–Crippen MR) is 98.2 cm³/mol. The van der Waals surface area contributed by atoms with Crippen molar-refractivity contribution in [1.82, 2.24) is 19.5 Å². The van der Waals surface area contributed by atoms with E-state index >= 15 is 0 Å². The molecule has 5 nitrogen and oxygen atoms in total. The second kappa shape index (κ2) is 6.75. The maximum atomic E-state index is 12.3. The van der Waals surface area contributed by atoms with E-state index in [1.807, 2.05) is 36.6 Å². The van der Waals surface area contributed by atoms with E-state index < -0.39 is 6.61 Å². The van der Waals surface area contributed by atoms with Gasteiger partial charge < -0.3 is 4.74 Å². The minimum absolute atomic E-state index is 0.0943. The van der Waals surface area contributed by atoms with Gasteiger partial charge in [0.2, 0.25) is 0 Å². The number of nitrogens with zero attached hydrogens (tertiary/aromatic N) is 4. The lowest BCUT2D eigenvalue weighted by molar-refractivity contribution is -0.0498. The summed E-state index contributed by atoms with van der Waals surface area (Å²) in [5.41, 5.74) is 3.70. The van der Waals surface area contributed by atoms with E-state index in [9.17, 15) is 8.78 Å². The Morgan fingerprint density at radius 1 is 0.963 bits per heavy atom. The van der Waals surface area contributed by atoms with Gasteiger partial charge in [-0.15, -0.1) is 0 Å². The number of hydrogen-bond donors (Lipinski definition) is 0. The number of hydrogen-bond acceptors (Lipinski definition) is 4. The van der Waals surface area contributed by atoms with Gasteiger partial charge in [-0.2, -0.15) is 8.78 Å². The Kier molecular flexibility index (Phi) is 4.27. The molecule has 0 radical (unpaired) electrons. The summed E-state index contributed by atoms with van der Waals surface area (Å²) in [5, 5.41) is 0. The molecule has 0 N–H and O–H groups in total. The summed E-state index contributed by atoms with van der Waals surface area (Å²) in [4.78, 5) is 13.5. The summed E-state index contributed by atoms with van der Waals surface area (Å²) >= 11 is 0. The van der Waals surface area contributed by atoms with Crippen molar-refractivity contribution in [3.63, 3.8) is 0 Å². The third kappa shape index (κ3) is 3.36. The number of halogens is 2. The van der Waals surface area contributed by atoms with Crippen LogP contribution in [0.4, 0.5) is 8.78 Å². The summed E-state index contributed by atoms with van der Waals surface area (Å²) < 4.78 is 30.9. The lowest BCUT2D eigenvalue weighted by Gasteiger charge is -2.09. The highest BCUT2D eigenvalue weighted by atomic mass is 19.3. The Morgan fingerprint density at radius 3 is 2.48 bits per heavy atom. The third-order valence-corrected chi connectivity index (χ3v) is 4.19. The van der Waals surface area contributed by atoms with Crippen molar-refractivity contribution in [1.29, 1.82) is 0 Å². The van der Waals surface area contributed by atoms with E-state index in [4.69, 9.17) is 0 Å². The summed E-state index contributed by atoms with van der Waals surface area (Å²) in [7, 11) is 0. The maximum absolute atomic E-state index is 12.3. The van der Waals surface area contributed by atoms with Crippen LogP contribution in [0.2, 0.25) is 0 Å². The lowest BCUT2D eigenvalue weighted by Crippen LogP contribution is -2.03. The number of rotatable bonds is 4. The van der Waals surface area contributed by atoms with Gasteiger partial charge >= 0.3 is 6.61 Å². The van der Waals surface area contributed by atoms with Gasteiger partial charge in [-0.25, -0.2) is 15.0 Å². The highest BCUT2D eigenvalue weighted by Gasteiger charge is 2.12. The first kappa shape index (κ1) is 17.1. The first-order valence-electron chi connectivity index (χ1n) is 8.35. The zero-order chi connectivity index (χ0) is 19.0. The zero-order valence-electron chi connectivity index (χ0n) is 14.7. The molecule has 0 atom stereocenters. The maximum Gasteiger partial charge on any atom is 0.387 e. The molecule has 2 aromatic carbocycles. The van der Waals surface area contributed by atoms with Crippen molar-refractivity contribution in [2.75, 3.05) is 0 Å². The van der Waals surface area contributed by atoms with Crippen molar-refractivity contribution in [2.24, 2.45) is 0 Å². The number of aromatic nitrogens is 4. The number of alkyl halides is 2. The molecule has 4 aromatic rings. The fourth-order valence-electron chi connectivity index (χ4n) is 2.99. The molecule has 0 amide bonds. The van der Waals surface area contributed by atoms with Gasteiger partial charge in [-0.1, -0.05) is 6.07 Å². The van der Waals surface area contributed by atoms with Crippen molar-refractivity contribution >= 4 is 11.0 Å². The number of ether oxygens (including phenoxy) is 1. The van der Waals surface area contributed by atoms with Crippen molar-refractivity contribution in [3.05, 3.63) is 66.1 Å². The lowest BCUT2D eigenvalue weighted by atomic mass is 10.2. The molecule has 0 aliphatic heterocycles. The minimum Gasteiger partial charge on any atom is -0.435 e. The highest BCUT2D eigenvalue weighted by Crippen LogP contribution is 2.24. The van der Waals surface area contributed by atoms with E-state index in [-0.39, 0.29) is 5.75 Å². The quantitative estimate of drug-likeness (QED) is 0.525. The highest BCUT2D eigenvalue weighted by molar-refractivity contribution is 5.78. The molecule has 27 heavy (non-hydrogen) atoms. The standard InChI is InChI=1S/C20H16F2N4O/c1-12-3-8-16-17(11-12)26(13(2)24-16)18-9-10-23-19(25-18)14-4-6-15(7-5-14)27-20(21)22/h3-11,20H,1-2H3. The first-order chi connectivity index (χ1) is 13.0. The fraction of sp³-hybridized carbons (Fsp3) is 0.150. The van der Waals surface area contributed by atoms with Crippen LogP contribution in [0, 0.1) is 13.8 Å². The molecular weight excluding hydrogens is 350 g/mol. The topological polar surface area (TPSA) is 52.8 Å². The molecule has 0 aliphatic rings. The van der Waals surface area contributed by atoms with E-state index in [1.165, 1.54) is 12.1 Å². The molecular formula is C20H16F2N4O. The van der Waals surface area contributed by atoms with E-state index in [0.717, 1.165) is 22.4 Å². The van der Waals surface area contributed by atoms with Crippen LogP contribution in [0.25, 0.3) is 28.2 Å². The summed E-state index contributed by atoms with van der Waals surface area (Å²) in [6, 6.07) is 14.1. The third-order valence-electron chi connectivity index (χ3n) is 4.19. The molecule has 0 saturated heterocycles. The molecule has 0 unspecified atom stereocenters. The fourth-order valence-corrected chi connectivity index (χ4v) is 2.99. The van der Waals surface area contributed by atoms with Crippen LogP contribution in [-0.2, 0) is 0 Å². The Bertz CT molecular complexity index is 1110. The van der Waals surface area contributed by atoms with Gasteiger partial charge in [0.1, 0.15) is 17.4 Å². The van der Waals surface area contributed by atoms with Gasteiger partial charge in [-0.05, 0) is 61.9 Å². The van der Waals surface area contributed by atoms with Crippen LogP contribution in [0.1, 0.15) is 11.4 Å². The largest absolute Gasteiger partial charge is 0.435 e. The van der Waals surface area contributed by atoms with Gasteiger partial charge in [-0.3, -0.25) is 4.57 Å². The van der Waals surface area contributed by atoms with Gasteiger partial charge in [0, 0.05) is 11.8 Å². The van der Waals surface area contributed by atoms with Crippen LogP contribution in [-0.4, -0.2) is 26.1 Å². The summed E-state index contributed by atoms with van der Waals surface area (Å²) in [5.74, 6) is 2.10. The molecule has 2 heterocycles. The smallest absolute Gasteiger partial charge is 0.387 e. The molecule has 0 aliphatic carbocycles. The Balaban J connectivity index is 1.75. The van der Waals surface area contributed by atoms with Gasteiger partial charge in [0.25, 0.3) is 0 Å². The van der Waals surface area contributed by atoms with Gasteiger partial charge in [0.05, 0.1) is 11.0 Å². The van der Waals surface area contributed by atoms with Gasteiger partial charge in [0.15, 0.2) is 5.82 Å². The van der Waals surface area contributed by atoms with Crippen LogP contribution in [0.3, 0.4) is 0 Å². The van der Waals surface area contributed by atoms with Crippen molar-refractivity contribution in [3.8, 4) is 23.0 Å². The molecule has 136 valence electrons. The normalized spacial score (nSPS) is 11.3. The van der Waals surface area contributed by atoms with Crippen LogP contribution < -0.4 is 4.74 Å². The van der Waals surface area contributed by atoms with Crippen molar-refractivity contribution in [2.45, 2.75) is 20.5 Å². The predicted octanol–water partition coefficient (Wildman–Crippen LogP) is 4.70. The second-order valence-electron chi connectivity index (χ2n) is 6.13. The first-order valence-corrected chi connectivity index (χ1v) is 8.35. The van der Waals surface area contributed by atoms with Crippen LogP contribution in [0.5, 0.6) is 5.75 Å². The van der Waals surface area contributed by atoms with E-state index in [2.05, 4.69) is 25.8 Å². The number of benzene rings is 2. The second-order valence-corrected chi connectivity index (χ2v) is 6.13. The molecule has 0 spiro atoms. The monoisotopic (exact) mass is 366 g/mol. The van der Waals surface area contributed by atoms with E-state index in [1.54, 1.807) is 18.3 Å². The average Bonchev–Trinajstić information content (AvgIpc) is 2.97. The summed E-state index contributed by atoms with van der Waals surface area (Å²) in [6.45, 7) is 1.10. The molecule has 0 fully saturated rings. The Hall–Kier alpha value is -3.35. The Labute approximate surface area is 154 Å². The molecule has 7 heteroatoms. The summed E-state index contributed by atoms with van der Waals surface area (Å²) in [6.07, 6.45) is 1.67. The number of imidazole rings is 1. The van der Waals surface area contributed by atoms with E-state index in [0.29, 0.717) is 17.2 Å². The van der Waals surface area contributed by atoms with Crippen LogP contribution >= 0.6 is 0 Å². The molecule has 2 aromatic heterocycles. The molecule has 0 bridgehead atoms. The SMILES string of the molecule is Cc1ccc2nc(C)n(-c3ccnc(-c4ccc(OC(F)F)cc4)n3)c2c1. The molecule has 4 rings (SSSR count). The minimum atomic E-state index is -2.85. The zero-order valence-corrected chi connectivity index (χ0v) is 14.7. The molecule has 0 saturated carbocycles. The van der Waals surface area contributed by atoms with Crippen LogP contribution in [0.15, 0.2) is 54.7 Å².